The van der Waals surface area contributed by atoms with Crippen LogP contribution in [0, 0.1) is 0 Å². The van der Waals surface area contributed by atoms with Crippen molar-refractivity contribution in [2.24, 2.45) is 0 Å². The number of anilines is 1. The Labute approximate surface area is 151 Å². The van der Waals surface area contributed by atoms with Gasteiger partial charge in [0.05, 0.1) is 19.0 Å². The smallest absolute Gasteiger partial charge is 0.356 e. The second kappa shape index (κ2) is 6.48. The molecule has 0 spiro atoms. The maximum atomic E-state index is 10.9. The molecule has 1 aromatic heterocycles. The molecule has 7 heteroatoms. The van der Waals surface area contributed by atoms with Crippen LogP contribution in [0.2, 0.25) is 0 Å². The predicted octanol–water partition coefficient (Wildman–Crippen LogP) is 2.86. The van der Waals surface area contributed by atoms with E-state index >= 15 is 0 Å². The van der Waals surface area contributed by atoms with Gasteiger partial charge < -0.3 is 19.9 Å². The van der Waals surface area contributed by atoms with Gasteiger partial charge in [0.1, 0.15) is 23.4 Å². The number of aromatic carboxylic acids is 1. The third kappa shape index (κ3) is 3.16. The standard InChI is InChI=1S/C19H21N3O4/c1-3-25-17-5-11-4-10(2)26-16(11)7-13(17)12-6-14(12)22-18-9-20-15(8-21-18)19(23)24/h5,7-10,12,14H,3-4,6H2,1-2H3,(H,21,22)(H,23,24). The number of nitrogens with one attached hydrogen (secondary N) is 1. The molecule has 3 unspecified atom stereocenters. The Balaban J connectivity index is 1.50. The van der Waals surface area contributed by atoms with Crippen LogP contribution in [0.1, 0.15) is 47.8 Å². The maximum absolute atomic E-state index is 10.9. The lowest BCUT2D eigenvalue weighted by Crippen LogP contribution is -2.09. The van der Waals surface area contributed by atoms with Gasteiger partial charge in [-0.05, 0) is 32.4 Å². The minimum Gasteiger partial charge on any atom is -0.494 e. The van der Waals surface area contributed by atoms with Crippen molar-refractivity contribution in [1.82, 2.24) is 9.97 Å². The Bertz CT molecular complexity index is 837. The zero-order chi connectivity index (χ0) is 18.3. The SMILES string of the molecule is CCOc1cc2c(cc1C1CC1Nc1cnc(C(=O)O)cn1)OC(C)C2. The van der Waals surface area contributed by atoms with E-state index in [1.54, 1.807) is 0 Å². The number of ether oxygens (including phenoxy) is 2. The summed E-state index contributed by atoms with van der Waals surface area (Å²) < 4.78 is 11.8. The lowest BCUT2D eigenvalue weighted by molar-refractivity contribution is 0.0690. The van der Waals surface area contributed by atoms with Crippen LogP contribution in [0.25, 0.3) is 0 Å². The van der Waals surface area contributed by atoms with E-state index < -0.39 is 5.97 Å². The first-order valence-corrected chi connectivity index (χ1v) is 8.83. The van der Waals surface area contributed by atoms with Gasteiger partial charge in [-0.1, -0.05) is 0 Å². The van der Waals surface area contributed by atoms with Crippen LogP contribution < -0.4 is 14.8 Å². The van der Waals surface area contributed by atoms with Gasteiger partial charge in [-0.25, -0.2) is 14.8 Å². The van der Waals surface area contributed by atoms with E-state index in [0.717, 1.165) is 29.9 Å². The summed E-state index contributed by atoms with van der Waals surface area (Å²) in [6, 6.07) is 4.43. The van der Waals surface area contributed by atoms with Crippen molar-refractivity contribution < 1.29 is 19.4 Å². The van der Waals surface area contributed by atoms with Crippen molar-refractivity contribution in [1.29, 1.82) is 0 Å². The molecule has 1 aromatic carbocycles. The Kier molecular flexibility index (Phi) is 4.14. The van der Waals surface area contributed by atoms with Crippen molar-refractivity contribution in [2.75, 3.05) is 11.9 Å². The summed E-state index contributed by atoms with van der Waals surface area (Å²) in [7, 11) is 0. The van der Waals surface area contributed by atoms with E-state index in [-0.39, 0.29) is 17.8 Å². The number of fused-ring (bicyclic) bond motifs is 1. The van der Waals surface area contributed by atoms with Gasteiger partial charge in [0.25, 0.3) is 0 Å². The first-order valence-electron chi connectivity index (χ1n) is 8.83. The Morgan fingerprint density at radius 2 is 2.23 bits per heavy atom. The first kappa shape index (κ1) is 16.6. The Morgan fingerprint density at radius 3 is 2.92 bits per heavy atom. The number of carboxylic acid groups (broad SMARTS) is 1. The van der Waals surface area contributed by atoms with Crippen LogP contribution in [-0.4, -0.2) is 39.8 Å². The molecule has 1 aliphatic heterocycles. The van der Waals surface area contributed by atoms with E-state index in [9.17, 15) is 4.79 Å². The predicted molar refractivity (Wildman–Crippen MR) is 95.2 cm³/mol. The quantitative estimate of drug-likeness (QED) is 0.823. The highest BCUT2D eigenvalue weighted by molar-refractivity contribution is 5.84. The zero-order valence-corrected chi connectivity index (χ0v) is 14.7. The van der Waals surface area contributed by atoms with Crippen LogP contribution in [0.15, 0.2) is 24.5 Å². The molecule has 1 saturated carbocycles. The molecule has 4 rings (SSSR count). The minimum absolute atomic E-state index is 0.0635. The fourth-order valence-electron chi connectivity index (χ4n) is 3.43. The number of aromatic nitrogens is 2. The van der Waals surface area contributed by atoms with Crippen molar-refractivity contribution >= 4 is 11.8 Å². The summed E-state index contributed by atoms with van der Waals surface area (Å²) in [4.78, 5) is 18.9. The topological polar surface area (TPSA) is 93.6 Å². The highest BCUT2D eigenvalue weighted by Crippen LogP contribution is 2.49. The average Bonchev–Trinajstić information content (AvgIpc) is 3.26. The van der Waals surface area contributed by atoms with Gasteiger partial charge in [-0.2, -0.15) is 0 Å². The molecule has 0 bridgehead atoms. The third-order valence-electron chi connectivity index (χ3n) is 4.72. The first-order chi connectivity index (χ1) is 12.5. The summed E-state index contributed by atoms with van der Waals surface area (Å²) in [6.45, 7) is 4.68. The summed E-state index contributed by atoms with van der Waals surface area (Å²) in [6.07, 6.45) is 4.78. The normalized spacial score (nSPS) is 23.1. The van der Waals surface area contributed by atoms with Gasteiger partial charge in [-0.15, -0.1) is 0 Å². The third-order valence-corrected chi connectivity index (χ3v) is 4.72. The molecule has 1 fully saturated rings. The van der Waals surface area contributed by atoms with Gasteiger partial charge in [-0.3, -0.25) is 0 Å². The average molecular weight is 355 g/mol. The van der Waals surface area contributed by atoms with Crippen LogP contribution in [0.4, 0.5) is 5.82 Å². The van der Waals surface area contributed by atoms with Gasteiger partial charge in [0.15, 0.2) is 5.69 Å². The number of hydrogen-bond acceptors (Lipinski definition) is 6. The highest BCUT2D eigenvalue weighted by atomic mass is 16.5. The molecule has 1 aliphatic carbocycles. The Morgan fingerprint density at radius 1 is 1.38 bits per heavy atom. The number of rotatable bonds is 6. The molecule has 2 heterocycles. The number of benzene rings is 1. The summed E-state index contributed by atoms with van der Waals surface area (Å²) in [5.74, 6) is 1.67. The van der Waals surface area contributed by atoms with Crippen molar-refractivity contribution in [3.63, 3.8) is 0 Å². The fraction of sp³-hybridized carbons (Fsp3) is 0.421. The molecule has 7 nitrogen and oxygen atoms in total. The molecule has 136 valence electrons. The molecule has 2 aromatic rings. The second-order valence-electron chi connectivity index (χ2n) is 6.75. The molecular formula is C19H21N3O4. The largest absolute Gasteiger partial charge is 0.494 e. The molecule has 26 heavy (non-hydrogen) atoms. The fourth-order valence-corrected chi connectivity index (χ4v) is 3.43. The number of nitrogens with zero attached hydrogens (tertiary/aromatic N) is 2. The molecule has 0 amide bonds. The highest BCUT2D eigenvalue weighted by Gasteiger charge is 2.41. The van der Waals surface area contributed by atoms with Crippen LogP contribution in [0.3, 0.4) is 0 Å². The monoisotopic (exact) mass is 355 g/mol. The lowest BCUT2D eigenvalue weighted by atomic mass is 10.0. The maximum Gasteiger partial charge on any atom is 0.356 e. The zero-order valence-electron chi connectivity index (χ0n) is 14.7. The van der Waals surface area contributed by atoms with Crippen molar-refractivity contribution in [3.05, 3.63) is 41.3 Å². The lowest BCUT2D eigenvalue weighted by Gasteiger charge is -2.13. The van der Waals surface area contributed by atoms with Crippen molar-refractivity contribution in [3.8, 4) is 11.5 Å². The number of hydrogen-bond donors (Lipinski definition) is 2. The molecule has 0 radical (unpaired) electrons. The van der Waals surface area contributed by atoms with E-state index in [2.05, 4.69) is 34.3 Å². The minimum atomic E-state index is -1.08. The number of carbonyl (C=O) groups is 1. The molecular weight excluding hydrogens is 334 g/mol. The molecule has 0 saturated heterocycles. The summed E-state index contributed by atoms with van der Waals surface area (Å²) in [5, 5.41) is 12.2. The summed E-state index contributed by atoms with van der Waals surface area (Å²) in [5.41, 5.74) is 2.28. The number of carboxylic acids is 1. The van der Waals surface area contributed by atoms with E-state index in [1.165, 1.54) is 18.0 Å². The van der Waals surface area contributed by atoms with Crippen LogP contribution in [0.5, 0.6) is 11.5 Å². The molecule has 3 atom stereocenters. The van der Waals surface area contributed by atoms with Gasteiger partial charge in [0.2, 0.25) is 0 Å². The second-order valence-corrected chi connectivity index (χ2v) is 6.75. The summed E-state index contributed by atoms with van der Waals surface area (Å²) >= 11 is 0. The van der Waals surface area contributed by atoms with Crippen LogP contribution >= 0.6 is 0 Å². The molecule has 2 N–H and O–H groups in total. The van der Waals surface area contributed by atoms with E-state index in [4.69, 9.17) is 14.6 Å². The molecule has 2 aliphatic rings. The van der Waals surface area contributed by atoms with Gasteiger partial charge >= 0.3 is 5.97 Å². The van der Waals surface area contributed by atoms with Crippen molar-refractivity contribution in [2.45, 2.75) is 44.8 Å². The van der Waals surface area contributed by atoms with Gasteiger partial charge in [0, 0.05) is 29.5 Å². The van der Waals surface area contributed by atoms with E-state index in [1.807, 2.05) is 6.92 Å². The van der Waals surface area contributed by atoms with Crippen LogP contribution in [-0.2, 0) is 6.42 Å². The Hall–Kier alpha value is -2.83. The van der Waals surface area contributed by atoms with E-state index in [0.29, 0.717) is 18.3 Å².